The molecule has 5 heteroatoms. The molecular weight excluding hydrogens is 256 g/mol. The number of carbonyl (C=O) groups excluding carboxylic acids is 1. The second kappa shape index (κ2) is 6.41. The van der Waals surface area contributed by atoms with E-state index in [1.807, 2.05) is 24.3 Å². The molecule has 0 bridgehead atoms. The maximum Gasteiger partial charge on any atom is 0.315 e. The summed E-state index contributed by atoms with van der Waals surface area (Å²) in [5.41, 5.74) is 1.66. The average molecular weight is 276 g/mol. The van der Waals surface area contributed by atoms with Gasteiger partial charge in [0, 0.05) is 13.1 Å². The van der Waals surface area contributed by atoms with Crippen LogP contribution < -0.4 is 10.2 Å². The summed E-state index contributed by atoms with van der Waals surface area (Å²) in [6.07, 6.45) is 3.53. The predicted octanol–water partition coefficient (Wildman–Crippen LogP) is 2.34. The van der Waals surface area contributed by atoms with E-state index in [9.17, 15) is 9.59 Å². The molecule has 0 spiro atoms. The molecule has 1 fully saturated rings. The summed E-state index contributed by atoms with van der Waals surface area (Å²) in [7, 11) is 0. The molecule has 108 valence electrons. The number of nitrogens with zero attached hydrogens (tertiary/aromatic N) is 1. The van der Waals surface area contributed by atoms with Crippen LogP contribution in [0.3, 0.4) is 0 Å². The summed E-state index contributed by atoms with van der Waals surface area (Å²) in [6.45, 7) is 3.34. The van der Waals surface area contributed by atoms with Crippen molar-refractivity contribution in [1.29, 1.82) is 0 Å². The van der Waals surface area contributed by atoms with E-state index >= 15 is 0 Å². The lowest BCUT2D eigenvalue weighted by Crippen LogP contribution is -2.32. The van der Waals surface area contributed by atoms with Crippen molar-refractivity contribution in [2.75, 3.05) is 23.3 Å². The van der Waals surface area contributed by atoms with E-state index < -0.39 is 17.8 Å². The van der Waals surface area contributed by atoms with Gasteiger partial charge in [0.1, 0.15) is 5.92 Å². The van der Waals surface area contributed by atoms with Crippen molar-refractivity contribution in [1.82, 2.24) is 0 Å². The summed E-state index contributed by atoms with van der Waals surface area (Å²) in [5.74, 6) is -2.65. The number of carboxylic acid groups (broad SMARTS) is 1. The van der Waals surface area contributed by atoms with Crippen LogP contribution >= 0.6 is 0 Å². The number of para-hydroxylation sites is 2. The van der Waals surface area contributed by atoms with E-state index in [2.05, 4.69) is 10.2 Å². The standard InChI is InChI=1S/C15H20N2O3/c1-11(15(19)20)14(18)16-12-7-3-4-8-13(12)17-9-5-2-6-10-17/h3-4,7-8,11H,2,5-6,9-10H2,1H3,(H,16,18)(H,19,20). The highest BCUT2D eigenvalue weighted by molar-refractivity contribution is 6.05. The Morgan fingerprint density at radius 3 is 2.50 bits per heavy atom. The summed E-state index contributed by atoms with van der Waals surface area (Å²) in [6, 6.07) is 7.55. The quantitative estimate of drug-likeness (QED) is 0.828. The molecule has 1 saturated heterocycles. The molecule has 0 aliphatic carbocycles. The van der Waals surface area contributed by atoms with Crippen molar-refractivity contribution < 1.29 is 14.7 Å². The van der Waals surface area contributed by atoms with Crippen molar-refractivity contribution in [3.8, 4) is 0 Å². The molecule has 1 amide bonds. The number of anilines is 2. The lowest BCUT2D eigenvalue weighted by atomic mass is 10.1. The van der Waals surface area contributed by atoms with Gasteiger partial charge in [0.2, 0.25) is 5.91 Å². The first-order valence-corrected chi connectivity index (χ1v) is 6.97. The maximum absolute atomic E-state index is 11.9. The molecule has 1 aliphatic rings. The molecule has 20 heavy (non-hydrogen) atoms. The Kier molecular flexibility index (Phi) is 4.61. The van der Waals surface area contributed by atoms with Crippen molar-refractivity contribution in [2.24, 2.45) is 5.92 Å². The van der Waals surface area contributed by atoms with Gasteiger partial charge in [-0.1, -0.05) is 12.1 Å². The Labute approximate surface area is 118 Å². The molecule has 0 saturated carbocycles. The van der Waals surface area contributed by atoms with Crippen LogP contribution in [0.5, 0.6) is 0 Å². The highest BCUT2D eigenvalue weighted by Crippen LogP contribution is 2.28. The van der Waals surface area contributed by atoms with Gasteiger partial charge in [-0.3, -0.25) is 9.59 Å². The smallest absolute Gasteiger partial charge is 0.315 e. The van der Waals surface area contributed by atoms with Crippen molar-refractivity contribution >= 4 is 23.3 Å². The fourth-order valence-corrected chi connectivity index (χ4v) is 2.34. The van der Waals surface area contributed by atoms with Gasteiger partial charge in [0.25, 0.3) is 0 Å². The Morgan fingerprint density at radius 2 is 1.85 bits per heavy atom. The third-order valence-electron chi connectivity index (χ3n) is 3.62. The van der Waals surface area contributed by atoms with Gasteiger partial charge >= 0.3 is 5.97 Å². The molecule has 2 N–H and O–H groups in total. The Balaban J connectivity index is 2.15. The SMILES string of the molecule is CC(C(=O)O)C(=O)Nc1ccccc1N1CCCCC1. The van der Waals surface area contributed by atoms with Gasteiger partial charge < -0.3 is 15.3 Å². The van der Waals surface area contributed by atoms with E-state index in [0.717, 1.165) is 31.6 Å². The predicted molar refractivity (Wildman–Crippen MR) is 77.9 cm³/mol. The minimum atomic E-state index is -1.11. The van der Waals surface area contributed by atoms with E-state index in [-0.39, 0.29) is 0 Å². The lowest BCUT2D eigenvalue weighted by molar-refractivity contribution is -0.144. The van der Waals surface area contributed by atoms with Gasteiger partial charge in [0.05, 0.1) is 11.4 Å². The highest BCUT2D eigenvalue weighted by atomic mass is 16.4. The maximum atomic E-state index is 11.9. The Bertz CT molecular complexity index is 496. The van der Waals surface area contributed by atoms with Crippen molar-refractivity contribution in [3.63, 3.8) is 0 Å². The molecule has 2 rings (SSSR count). The molecule has 0 aromatic heterocycles. The molecule has 1 heterocycles. The van der Waals surface area contributed by atoms with Crippen LogP contribution in [0.2, 0.25) is 0 Å². The number of rotatable bonds is 4. The largest absolute Gasteiger partial charge is 0.481 e. The minimum absolute atomic E-state index is 0.484. The highest BCUT2D eigenvalue weighted by Gasteiger charge is 2.22. The average Bonchev–Trinajstić information content (AvgIpc) is 2.47. The first kappa shape index (κ1) is 14.4. The van der Waals surface area contributed by atoms with Crippen LogP contribution in [0.4, 0.5) is 11.4 Å². The molecular formula is C15H20N2O3. The molecule has 1 aromatic rings. The number of hydrogen-bond donors (Lipinski definition) is 2. The Morgan fingerprint density at radius 1 is 1.20 bits per heavy atom. The zero-order chi connectivity index (χ0) is 14.5. The van der Waals surface area contributed by atoms with Gasteiger partial charge in [-0.15, -0.1) is 0 Å². The van der Waals surface area contributed by atoms with Gasteiger partial charge in [0.15, 0.2) is 0 Å². The number of hydrogen-bond acceptors (Lipinski definition) is 3. The monoisotopic (exact) mass is 276 g/mol. The third-order valence-corrected chi connectivity index (χ3v) is 3.62. The van der Waals surface area contributed by atoms with Crippen LogP contribution in [-0.4, -0.2) is 30.1 Å². The summed E-state index contributed by atoms with van der Waals surface area (Å²) in [5, 5.41) is 11.6. The van der Waals surface area contributed by atoms with E-state index in [0.29, 0.717) is 5.69 Å². The second-order valence-electron chi connectivity index (χ2n) is 5.11. The van der Waals surface area contributed by atoms with Gasteiger partial charge in [-0.2, -0.15) is 0 Å². The number of carboxylic acids is 1. The summed E-state index contributed by atoms with van der Waals surface area (Å²) in [4.78, 5) is 25.0. The van der Waals surface area contributed by atoms with Crippen LogP contribution in [0.25, 0.3) is 0 Å². The van der Waals surface area contributed by atoms with Gasteiger partial charge in [-0.05, 0) is 38.3 Å². The van der Waals surface area contributed by atoms with Crippen LogP contribution in [0, 0.1) is 5.92 Å². The van der Waals surface area contributed by atoms with Gasteiger partial charge in [-0.25, -0.2) is 0 Å². The van der Waals surface area contributed by atoms with E-state index in [1.54, 1.807) is 0 Å². The van der Waals surface area contributed by atoms with E-state index in [1.165, 1.54) is 13.3 Å². The fraction of sp³-hybridized carbons (Fsp3) is 0.467. The zero-order valence-corrected chi connectivity index (χ0v) is 11.6. The molecule has 1 aliphatic heterocycles. The zero-order valence-electron chi connectivity index (χ0n) is 11.6. The summed E-state index contributed by atoms with van der Waals surface area (Å²) < 4.78 is 0. The van der Waals surface area contributed by atoms with Crippen molar-refractivity contribution in [2.45, 2.75) is 26.2 Å². The summed E-state index contributed by atoms with van der Waals surface area (Å²) >= 11 is 0. The minimum Gasteiger partial charge on any atom is -0.481 e. The molecule has 1 atom stereocenters. The van der Waals surface area contributed by atoms with Crippen LogP contribution in [0.15, 0.2) is 24.3 Å². The van der Waals surface area contributed by atoms with E-state index in [4.69, 9.17) is 5.11 Å². The fourth-order valence-electron chi connectivity index (χ4n) is 2.34. The van der Waals surface area contributed by atoms with Crippen LogP contribution in [-0.2, 0) is 9.59 Å². The number of nitrogens with one attached hydrogen (secondary N) is 1. The third kappa shape index (κ3) is 3.29. The number of amides is 1. The lowest BCUT2D eigenvalue weighted by Gasteiger charge is -2.30. The second-order valence-corrected chi connectivity index (χ2v) is 5.11. The van der Waals surface area contributed by atoms with Crippen LogP contribution in [0.1, 0.15) is 26.2 Å². The molecule has 0 radical (unpaired) electrons. The first-order chi connectivity index (χ1) is 9.59. The number of carbonyl (C=O) groups is 2. The number of benzene rings is 1. The Hall–Kier alpha value is -2.04. The number of aliphatic carboxylic acids is 1. The normalized spacial score (nSPS) is 16.6. The molecule has 5 nitrogen and oxygen atoms in total. The molecule has 1 unspecified atom stereocenters. The van der Waals surface area contributed by atoms with Crippen molar-refractivity contribution in [3.05, 3.63) is 24.3 Å². The topological polar surface area (TPSA) is 69.6 Å². The molecule has 1 aromatic carbocycles. The first-order valence-electron chi connectivity index (χ1n) is 6.97. The number of piperidine rings is 1.